The first-order valence-electron chi connectivity index (χ1n) is 5.56. The topological polar surface area (TPSA) is 110 Å². The van der Waals surface area contributed by atoms with Gasteiger partial charge in [0.15, 0.2) is 0 Å². The molecule has 1 heterocycles. The quantitative estimate of drug-likeness (QED) is 0.589. The number of rotatable bonds is 4. The van der Waals surface area contributed by atoms with E-state index >= 15 is 0 Å². The van der Waals surface area contributed by atoms with Crippen LogP contribution in [0.4, 0.5) is 11.4 Å². The van der Waals surface area contributed by atoms with Crippen LogP contribution in [-0.4, -0.2) is 22.4 Å². The van der Waals surface area contributed by atoms with E-state index in [1.54, 1.807) is 30.7 Å². The fraction of sp³-hybridized carbons (Fsp3) is 0.167. The van der Waals surface area contributed by atoms with Gasteiger partial charge >= 0.3 is 0 Å². The Hall–Kier alpha value is -2.50. The number of amides is 1. The molecule has 0 fully saturated rings. The predicted molar refractivity (Wildman–Crippen MR) is 69.9 cm³/mol. The second kappa shape index (κ2) is 5.22. The minimum absolute atomic E-state index is 0.187. The van der Waals surface area contributed by atoms with Crippen molar-refractivity contribution in [2.45, 2.75) is 6.42 Å². The molecule has 0 radical (unpaired) electrons. The van der Waals surface area contributed by atoms with Crippen LogP contribution in [0.1, 0.15) is 16.1 Å². The summed E-state index contributed by atoms with van der Waals surface area (Å²) in [6.07, 6.45) is 4.03. The molecule has 6 heteroatoms. The Kier molecular flexibility index (Phi) is 3.47. The van der Waals surface area contributed by atoms with Crippen molar-refractivity contribution in [2.24, 2.45) is 0 Å². The van der Waals surface area contributed by atoms with Crippen molar-refractivity contribution >= 4 is 17.3 Å². The number of hydrogen-bond donors (Lipinski definition) is 4. The summed E-state index contributed by atoms with van der Waals surface area (Å²) >= 11 is 0. The lowest BCUT2D eigenvalue weighted by molar-refractivity contribution is 0.0954. The van der Waals surface area contributed by atoms with Crippen LogP contribution in [0.3, 0.4) is 0 Å². The van der Waals surface area contributed by atoms with E-state index in [1.165, 1.54) is 0 Å². The molecule has 2 aromatic rings. The van der Waals surface area contributed by atoms with Gasteiger partial charge < -0.3 is 21.8 Å². The lowest BCUT2D eigenvalue weighted by Gasteiger charge is -2.06. The highest BCUT2D eigenvalue weighted by atomic mass is 16.1. The van der Waals surface area contributed by atoms with E-state index in [9.17, 15) is 4.79 Å². The van der Waals surface area contributed by atoms with Crippen molar-refractivity contribution in [2.75, 3.05) is 18.0 Å². The monoisotopic (exact) mass is 245 g/mol. The van der Waals surface area contributed by atoms with Gasteiger partial charge in [-0.15, -0.1) is 0 Å². The smallest absolute Gasteiger partial charge is 0.251 e. The van der Waals surface area contributed by atoms with Crippen LogP contribution in [-0.2, 0) is 6.42 Å². The highest BCUT2D eigenvalue weighted by Crippen LogP contribution is 2.13. The largest absolute Gasteiger partial charge is 0.399 e. The Morgan fingerprint density at radius 1 is 1.28 bits per heavy atom. The van der Waals surface area contributed by atoms with Gasteiger partial charge in [-0.1, -0.05) is 0 Å². The van der Waals surface area contributed by atoms with E-state index in [0.717, 1.165) is 5.69 Å². The molecule has 94 valence electrons. The number of carbonyl (C=O) groups is 1. The molecule has 0 bridgehead atoms. The predicted octanol–water partition coefficient (Wildman–Crippen LogP) is 0.547. The average Bonchev–Trinajstić information content (AvgIpc) is 2.80. The summed E-state index contributed by atoms with van der Waals surface area (Å²) < 4.78 is 0. The number of aromatic nitrogens is 2. The summed E-state index contributed by atoms with van der Waals surface area (Å²) in [6, 6.07) is 4.81. The Balaban J connectivity index is 1.91. The van der Waals surface area contributed by atoms with Gasteiger partial charge in [-0.05, 0) is 18.2 Å². The molecule has 6 nitrogen and oxygen atoms in total. The molecule has 0 atom stereocenters. The zero-order chi connectivity index (χ0) is 13.0. The fourth-order valence-electron chi connectivity index (χ4n) is 1.64. The van der Waals surface area contributed by atoms with Crippen molar-refractivity contribution in [1.29, 1.82) is 0 Å². The summed E-state index contributed by atoms with van der Waals surface area (Å²) in [4.78, 5) is 18.7. The Morgan fingerprint density at radius 3 is 2.61 bits per heavy atom. The number of carbonyl (C=O) groups excluding carboxylic acids is 1. The molecule has 0 saturated carbocycles. The average molecular weight is 245 g/mol. The molecule has 0 aliphatic carbocycles. The SMILES string of the molecule is Nc1cc(N)cc(C(=O)NCCc2cnc[nH]2)c1. The second-order valence-electron chi connectivity index (χ2n) is 3.97. The zero-order valence-corrected chi connectivity index (χ0v) is 9.81. The van der Waals surface area contributed by atoms with Crippen LogP contribution >= 0.6 is 0 Å². The van der Waals surface area contributed by atoms with Crippen LogP contribution in [0.5, 0.6) is 0 Å². The maximum absolute atomic E-state index is 11.8. The molecule has 1 amide bonds. The molecule has 0 spiro atoms. The third kappa shape index (κ3) is 3.00. The van der Waals surface area contributed by atoms with E-state index in [4.69, 9.17) is 11.5 Å². The van der Waals surface area contributed by atoms with Crippen molar-refractivity contribution < 1.29 is 4.79 Å². The van der Waals surface area contributed by atoms with Crippen molar-refractivity contribution in [3.63, 3.8) is 0 Å². The lowest BCUT2D eigenvalue weighted by Crippen LogP contribution is -2.26. The minimum atomic E-state index is -0.187. The van der Waals surface area contributed by atoms with Crippen molar-refractivity contribution in [1.82, 2.24) is 15.3 Å². The number of H-pyrrole nitrogens is 1. The summed E-state index contributed by atoms with van der Waals surface area (Å²) in [5.41, 5.74) is 13.7. The number of aromatic amines is 1. The number of nitrogens with one attached hydrogen (secondary N) is 2. The first kappa shape index (κ1) is 12.0. The molecular formula is C12H15N5O. The van der Waals surface area contributed by atoms with E-state index in [1.807, 2.05) is 0 Å². The number of nitrogens with zero attached hydrogens (tertiary/aromatic N) is 1. The Morgan fingerprint density at radius 2 is 2.00 bits per heavy atom. The van der Waals surface area contributed by atoms with Crippen LogP contribution in [0, 0.1) is 0 Å². The maximum Gasteiger partial charge on any atom is 0.251 e. The maximum atomic E-state index is 11.8. The number of nitrogens with two attached hydrogens (primary N) is 2. The Bertz CT molecular complexity index is 515. The van der Waals surface area contributed by atoms with Crippen LogP contribution in [0.25, 0.3) is 0 Å². The summed E-state index contributed by atoms with van der Waals surface area (Å²) in [5.74, 6) is -0.187. The van der Waals surface area contributed by atoms with Gasteiger partial charge in [0.2, 0.25) is 0 Å². The molecule has 6 N–H and O–H groups in total. The summed E-state index contributed by atoms with van der Waals surface area (Å²) in [7, 11) is 0. The molecule has 1 aromatic heterocycles. The molecule has 1 aromatic carbocycles. The molecule has 0 unspecified atom stereocenters. The Labute approximate surface area is 104 Å². The highest BCUT2D eigenvalue weighted by Gasteiger charge is 2.06. The van der Waals surface area contributed by atoms with Crippen molar-refractivity contribution in [3.8, 4) is 0 Å². The van der Waals surface area contributed by atoms with Crippen LogP contribution in [0.15, 0.2) is 30.7 Å². The first-order valence-corrected chi connectivity index (χ1v) is 5.56. The normalized spacial score (nSPS) is 10.2. The van der Waals surface area contributed by atoms with E-state index in [-0.39, 0.29) is 5.91 Å². The first-order chi connectivity index (χ1) is 8.65. The number of anilines is 2. The number of nitrogen functional groups attached to an aromatic ring is 2. The van der Waals surface area contributed by atoms with Gasteiger partial charge in [0, 0.05) is 41.8 Å². The molecule has 18 heavy (non-hydrogen) atoms. The molecule has 0 aliphatic rings. The van der Waals surface area contributed by atoms with Crippen LogP contribution < -0.4 is 16.8 Å². The van der Waals surface area contributed by atoms with Gasteiger partial charge in [0.25, 0.3) is 5.91 Å². The molecule has 0 saturated heterocycles. The fourth-order valence-corrected chi connectivity index (χ4v) is 1.64. The third-order valence-corrected chi connectivity index (χ3v) is 2.47. The van der Waals surface area contributed by atoms with E-state index < -0.39 is 0 Å². The summed E-state index contributed by atoms with van der Waals surface area (Å²) in [6.45, 7) is 0.524. The molecule has 0 aliphatic heterocycles. The molecular weight excluding hydrogens is 230 g/mol. The van der Waals surface area contributed by atoms with Gasteiger partial charge in [-0.3, -0.25) is 4.79 Å². The number of benzene rings is 1. The molecule has 2 rings (SSSR count). The summed E-state index contributed by atoms with van der Waals surface area (Å²) in [5, 5.41) is 2.79. The minimum Gasteiger partial charge on any atom is -0.399 e. The van der Waals surface area contributed by atoms with E-state index in [0.29, 0.717) is 29.9 Å². The third-order valence-electron chi connectivity index (χ3n) is 2.47. The number of imidazole rings is 1. The standard InChI is InChI=1S/C12H15N5O/c13-9-3-8(4-10(14)5-9)12(18)16-2-1-11-6-15-7-17-11/h3-7H,1-2,13-14H2,(H,15,17)(H,16,18). The van der Waals surface area contributed by atoms with E-state index in [2.05, 4.69) is 15.3 Å². The van der Waals surface area contributed by atoms with Gasteiger partial charge in [-0.25, -0.2) is 4.98 Å². The van der Waals surface area contributed by atoms with Crippen LogP contribution in [0.2, 0.25) is 0 Å². The van der Waals surface area contributed by atoms with Gasteiger partial charge in [-0.2, -0.15) is 0 Å². The second-order valence-corrected chi connectivity index (χ2v) is 3.97. The van der Waals surface area contributed by atoms with Gasteiger partial charge in [0.05, 0.1) is 6.33 Å². The highest BCUT2D eigenvalue weighted by molar-refractivity contribution is 5.96. The number of hydrogen-bond acceptors (Lipinski definition) is 4. The van der Waals surface area contributed by atoms with Gasteiger partial charge in [0.1, 0.15) is 0 Å². The lowest BCUT2D eigenvalue weighted by atomic mass is 10.1. The van der Waals surface area contributed by atoms with Crippen molar-refractivity contribution in [3.05, 3.63) is 42.0 Å². The zero-order valence-electron chi connectivity index (χ0n) is 9.81.